The molecule has 0 radical (unpaired) electrons. The first-order valence-corrected chi connectivity index (χ1v) is 8.85. The monoisotopic (exact) mass is 435 g/mol. The topological polar surface area (TPSA) is 56.2 Å². The number of alkyl halides is 2. The molecule has 0 atom stereocenters. The molecule has 0 aliphatic carbocycles. The zero-order valence-corrected chi connectivity index (χ0v) is 15.9. The molecule has 1 aromatic heterocycles. The van der Waals surface area contributed by atoms with E-state index in [4.69, 9.17) is 0 Å². The third kappa shape index (κ3) is 5.13. The maximum absolute atomic E-state index is 12.5. The lowest BCUT2D eigenvalue weighted by atomic mass is 10.1. The average Bonchev–Trinajstić information content (AvgIpc) is 3.05. The summed E-state index contributed by atoms with van der Waals surface area (Å²) in [5.41, 5.74) is 2.22. The van der Waals surface area contributed by atoms with Crippen molar-refractivity contribution in [1.29, 1.82) is 0 Å². The van der Waals surface area contributed by atoms with Crippen molar-refractivity contribution in [3.8, 4) is 5.75 Å². The third-order valence-electron chi connectivity index (χ3n) is 3.75. The number of nitrogens with one attached hydrogen (secondary N) is 1. The van der Waals surface area contributed by atoms with Gasteiger partial charge in [0.2, 0.25) is 0 Å². The molecule has 1 N–H and O–H groups in total. The van der Waals surface area contributed by atoms with Crippen LogP contribution >= 0.6 is 15.9 Å². The minimum atomic E-state index is -3.02. The van der Waals surface area contributed by atoms with Crippen LogP contribution in [0.25, 0.3) is 0 Å². The van der Waals surface area contributed by atoms with E-state index in [-0.39, 0.29) is 11.3 Å². The Kier molecular flexibility index (Phi) is 5.85. The number of benzene rings is 2. The van der Waals surface area contributed by atoms with E-state index in [1.54, 1.807) is 16.9 Å². The van der Waals surface area contributed by atoms with Crippen LogP contribution in [-0.4, -0.2) is 22.3 Å². The number of rotatable bonds is 6. The molecule has 0 fully saturated rings. The van der Waals surface area contributed by atoms with Crippen LogP contribution in [0.15, 0.2) is 59.2 Å². The van der Waals surface area contributed by atoms with Crippen LogP contribution < -0.4 is 10.1 Å². The highest BCUT2D eigenvalue weighted by Gasteiger charge is 2.17. The molecule has 0 saturated heterocycles. The zero-order chi connectivity index (χ0) is 19.4. The number of carbonyl (C=O) groups is 1. The fourth-order valence-corrected chi connectivity index (χ4v) is 2.82. The molecule has 8 heteroatoms. The van der Waals surface area contributed by atoms with Gasteiger partial charge in [0.25, 0.3) is 5.91 Å². The number of halogens is 3. The number of ether oxygens (including phenoxy) is 1. The molecule has 2 aromatic carbocycles. The molecular weight excluding hydrogens is 420 g/mol. The Morgan fingerprint density at radius 1 is 1.22 bits per heavy atom. The Labute approximate surface area is 163 Å². The summed E-state index contributed by atoms with van der Waals surface area (Å²) in [6, 6.07) is 13.9. The maximum Gasteiger partial charge on any atom is 0.387 e. The lowest BCUT2D eigenvalue weighted by Crippen LogP contribution is -2.15. The number of hydrogen-bond acceptors (Lipinski definition) is 3. The molecule has 140 valence electrons. The molecule has 0 unspecified atom stereocenters. The van der Waals surface area contributed by atoms with Crippen LogP contribution in [0.2, 0.25) is 0 Å². The Morgan fingerprint density at radius 3 is 2.67 bits per heavy atom. The predicted octanol–water partition coefficient (Wildman–Crippen LogP) is 4.86. The number of aryl methyl sites for hydroxylation is 1. The lowest BCUT2D eigenvalue weighted by molar-refractivity contribution is -0.0501. The highest BCUT2D eigenvalue weighted by atomic mass is 79.9. The molecule has 5 nitrogen and oxygen atoms in total. The summed E-state index contributed by atoms with van der Waals surface area (Å²) < 4.78 is 31.8. The Balaban J connectivity index is 1.72. The van der Waals surface area contributed by atoms with Crippen LogP contribution in [0.5, 0.6) is 5.75 Å². The van der Waals surface area contributed by atoms with E-state index in [9.17, 15) is 13.6 Å². The van der Waals surface area contributed by atoms with Crippen molar-refractivity contribution in [1.82, 2.24) is 9.78 Å². The first-order chi connectivity index (χ1) is 12.9. The van der Waals surface area contributed by atoms with Crippen LogP contribution in [0, 0.1) is 6.92 Å². The summed E-state index contributed by atoms with van der Waals surface area (Å²) in [6.45, 7) is -0.460. The van der Waals surface area contributed by atoms with E-state index in [0.29, 0.717) is 16.8 Å². The van der Waals surface area contributed by atoms with Crippen molar-refractivity contribution in [2.45, 2.75) is 20.1 Å². The third-order valence-corrected chi connectivity index (χ3v) is 4.24. The SMILES string of the molecule is Cc1ccc(Cn2ccc(NC(=O)c3cc(Br)ccc3OC(F)F)n2)cc1. The molecule has 0 saturated carbocycles. The molecule has 0 aliphatic rings. The number of carbonyl (C=O) groups excluding carboxylic acids is 1. The molecule has 1 amide bonds. The summed E-state index contributed by atoms with van der Waals surface area (Å²) in [5.74, 6) is -0.479. The van der Waals surface area contributed by atoms with Crippen LogP contribution in [0.3, 0.4) is 0 Å². The quantitative estimate of drug-likeness (QED) is 0.601. The first kappa shape index (κ1) is 19.0. The van der Waals surface area contributed by atoms with Gasteiger partial charge in [-0.3, -0.25) is 9.48 Å². The second-order valence-corrected chi connectivity index (χ2v) is 6.77. The Bertz CT molecular complexity index is 942. The van der Waals surface area contributed by atoms with Gasteiger partial charge in [0.15, 0.2) is 5.82 Å². The fourth-order valence-electron chi connectivity index (χ4n) is 2.46. The van der Waals surface area contributed by atoms with E-state index < -0.39 is 12.5 Å². The van der Waals surface area contributed by atoms with E-state index >= 15 is 0 Å². The van der Waals surface area contributed by atoms with Crippen molar-refractivity contribution < 1.29 is 18.3 Å². The fraction of sp³-hybridized carbons (Fsp3) is 0.158. The minimum absolute atomic E-state index is 0.0160. The van der Waals surface area contributed by atoms with Gasteiger partial charge in [-0.15, -0.1) is 0 Å². The molecule has 3 rings (SSSR count). The standard InChI is InChI=1S/C19H16BrF2N3O2/c1-12-2-4-13(5-3-12)11-25-9-8-17(24-25)23-18(26)15-10-14(20)6-7-16(15)27-19(21)22/h2-10,19H,11H2,1H3,(H,23,24,26). The zero-order valence-electron chi connectivity index (χ0n) is 14.3. The summed E-state index contributed by atoms with van der Waals surface area (Å²) in [6.07, 6.45) is 1.73. The number of amides is 1. The van der Waals surface area contributed by atoms with E-state index in [2.05, 4.69) is 31.1 Å². The highest BCUT2D eigenvalue weighted by molar-refractivity contribution is 9.10. The Morgan fingerprint density at radius 2 is 1.96 bits per heavy atom. The van der Waals surface area contributed by atoms with Crippen LogP contribution in [-0.2, 0) is 6.54 Å². The van der Waals surface area contributed by atoms with Crippen molar-refractivity contribution in [3.05, 3.63) is 75.9 Å². The second kappa shape index (κ2) is 8.30. The van der Waals surface area contributed by atoms with Gasteiger partial charge in [0.1, 0.15) is 5.75 Å². The smallest absolute Gasteiger partial charge is 0.387 e. The van der Waals surface area contributed by atoms with Crippen LogP contribution in [0.4, 0.5) is 14.6 Å². The number of hydrogen-bond donors (Lipinski definition) is 1. The molecule has 1 heterocycles. The van der Waals surface area contributed by atoms with Crippen LogP contribution in [0.1, 0.15) is 21.5 Å². The lowest BCUT2D eigenvalue weighted by Gasteiger charge is -2.10. The molecule has 27 heavy (non-hydrogen) atoms. The number of anilines is 1. The van der Waals surface area contributed by atoms with E-state index in [1.807, 2.05) is 31.2 Å². The predicted molar refractivity (Wildman–Crippen MR) is 101 cm³/mol. The normalized spacial score (nSPS) is 10.9. The first-order valence-electron chi connectivity index (χ1n) is 8.05. The summed E-state index contributed by atoms with van der Waals surface area (Å²) in [4.78, 5) is 12.5. The summed E-state index contributed by atoms with van der Waals surface area (Å²) in [7, 11) is 0. The molecule has 0 bridgehead atoms. The van der Waals surface area contributed by atoms with Gasteiger partial charge in [-0.2, -0.15) is 13.9 Å². The number of nitrogens with zero attached hydrogens (tertiary/aromatic N) is 2. The molecular formula is C19H16BrF2N3O2. The average molecular weight is 436 g/mol. The van der Waals surface area contributed by atoms with Gasteiger partial charge in [0.05, 0.1) is 12.1 Å². The minimum Gasteiger partial charge on any atom is -0.434 e. The van der Waals surface area contributed by atoms with Gasteiger partial charge in [-0.25, -0.2) is 0 Å². The van der Waals surface area contributed by atoms with Gasteiger partial charge >= 0.3 is 6.61 Å². The van der Waals surface area contributed by atoms with Gasteiger partial charge in [-0.05, 0) is 30.7 Å². The van der Waals surface area contributed by atoms with Gasteiger partial charge < -0.3 is 10.1 Å². The second-order valence-electron chi connectivity index (χ2n) is 5.86. The van der Waals surface area contributed by atoms with Crippen molar-refractivity contribution in [3.63, 3.8) is 0 Å². The largest absolute Gasteiger partial charge is 0.434 e. The summed E-state index contributed by atoms with van der Waals surface area (Å²) in [5, 5.41) is 6.89. The van der Waals surface area contributed by atoms with Crippen molar-refractivity contribution in [2.75, 3.05) is 5.32 Å². The highest BCUT2D eigenvalue weighted by Crippen LogP contribution is 2.25. The molecule has 0 spiro atoms. The molecule has 0 aliphatic heterocycles. The maximum atomic E-state index is 12.5. The van der Waals surface area contributed by atoms with E-state index in [0.717, 1.165) is 5.56 Å². The summed E-state index contributed by atoms with van der Waals surface area (Å²) >= 11 is 3.22. The molecule has 3 aromatic rings. The van der Waals surface area contributed by atoms with Crippen molar-refractivity contribution >= 4 is 27.7 Å². The van der Waals surface area contributed by atoms with E-state index in [1.165, 1.54) is 23.8 Å². The van der Waals surface area contributed by atoms with Crippen molar-refractivity contribution in [2.24, 2.45) is 0 Å². The van der Waals surface area contributed by atoms with Gasteiger partial charge in [-0.1, -0.05) is 45.8 Å². The van der Waals surface area contributed by atoms with Gasteiger partial charge in [0, 0.05) is 16.7 Å². The Hall–Kier alpha value is -2.74. The number of aromatic nitrogens is 2.